The molecule has 4 rings (SSSR count). The molecule has 1 aromatic heterocycles. The average Bonchev–Trinajstić information content (AvgIpc) is 2.87. The molecule has 0 amide bonds. The lowest BCUT2D eigenvalue weighted by atomic mass is 10.00. The van der Waals surface area contributed by atoms with Crippen molar-refractivity contribution in [2.45, 2.75) is 24.8 Å². The van der Waals surface area contributed by atoms with Crippen LogP contribution in [-0.2, 0) is 10.0 Å². The van der Waals surface area contributed by atoms with Crippen molar-refractivity contribution in [3.63, 3.8) is 0 Å². The molecule has 0 fully saturated rings. The van der Waals surface area contributed by atoms with Crippen molar-refractivity contribution in [2.24, 2.45) is 0 Å². The van der Waals surface area contributed by atoms with E-state index in [-0.39, 0.29) is 10.9 Å². The molecule has 36 heavy (non-hydrogen) atoms. The maximum Gasteiger partial charge on any atom is 0.243 e. The lowest BCUT2D eigenvalue weighted by molar-refractivity contribution is 0.356. The zero-order chi connectivity index (χ0) is 26.0. The molecule has 9 heteroatoms. The van der Waals surface area contributed by atoms with Crippen LogP contribution in [0.1, 0.15) is 24.4 Å². The largest absolute Gasteiger partial charge is 0.493 e. The van der Waals surface area contributed by atoms with Crippen molar-refractivity contribution in [3.05, 3.63) is 72.1 Å². The van der Waals surface area contributed by atoms with Crippen molar-refractivity contribution in [1.29, 1.82) is 0 Å². The molecule has 0 aliphatic rings. The second-order valence-electron chi connectivity index (χ2n) is 8.62. The lowest BCUT2D eigenvalue weighted by Gasteiger charge is -2.19. The van der Waals surface area contributed by atoms with E-state index in [2.05, 4.69) is 15.3 Å². The van der Waals surface area contributed by atoms with E-state index in [1.165, 1.54) is 18.4 Å². The van der Waals surface area contributed by atoms with Gasteiger partial charge in [0.05, 0.1) is 24.6 Å². The Hall–Kier alpha value is -3.69. The summed E-state index contributed by atoms with van der Waals surface area (Å²) in [6.07, 6.45) is 0. The highest BCUT2D eigenvalue weighted by molar-refractivity contribution is 7.89. The number of aromatic nitrogens is 2. The first-order valence-corrected chi connectivity index (χ1v) is 12.9. The van der Waals surface area contributed by atoms with Crippen LogP contribution >= 0.6 is 0 Å². The summed E-state index contributed by atoms with van der Waals surface area (Å²) in [7, 11) is 2.65. The molecule has 3 aromatic carbocycles. The molecule has 0 aliphatic carbocycles. The van der Waals surface area contributed by atoms with Crippen LogP contribution in [0.3, 0.4) is 0 Å². The average molecular weight is 507 g/mol. The van der Waals surface area contributed by atoms with Gasteiger partial charge in [-0.25, -0.2) is 22.7 Å². The van der Waals surface area contributed by atoms with E-state index in [9.17, 15) is 8.42 Å². The second kappa shape index (κ2) is 10.1. The topological polar surface area (TPSA) is 93.7 Å². The van der Waals surface area contributed by atoms with E-state index in [0.717, 1.165) is 22.0 Å². The minimum atomic E-state index is -3.60. The van der Waals surface area contributed by atoms with Crippen molar-refractivity contribution in [1.82, 2.24) is 14.3 Å². The van der Waals surface area contributed by atoms with E-state index in [1.54, 1.807) is 26.4 Å². The minimum Gasteiger partial charge on any atom is -0.493 e. The predicted molar refractivity (Wildman–Crippen MR) is 142 cm³/mol. The lowest BCUT2D eigenvalue weighted by Crippen LogP contribution is -2.22. The third-order valence-corrected chi connectivity index (χ3v) is 7.88. The number of nitrogens with zero attached hydrogens (tertiary/aromatic N) is 3. The van der Waals surface area contributed by atoms with Crippen molar-refractivity contribution in [3.8, 4) is 22.6 Å². The number of hydrogen-bond donors (Lipinski definition) is 1. The zero-order valence-corrected chi connectivity index (χ0v) is 22.1. The summed E-state index contributed by atoms with van der Waals surface area (Å²) in [6.45, 7) is 3.88. The molecule has 188 valence electrons. The minimum absolute atomic E-state index is 0.131. The molecule has 1 heterocycles. The van der Waals surface area contributed by atoms with Crippen molar-refractivity contribution >= 4 is 26.7 Å². The van der Waals surface area contributed by atoms with E-state index >= 15 is 0 Å². The molecule has 1 N–H and O–H groups in total. The SMILES string of the molecule is COc1cc2nc(C)nc(NC(C)c3cccc(-c4ccccc4S(=O)(=O)N(C)C)c3)c2cc1OC. The summed E-state index contributed by atoms with van der Waals surface area (Å²) in [4.78, 5) is 9.46. The summed E-state index contributed by atoms with van der Waals surface area (Å²) in [6, 6.07) is 18.5. The number of sulfonamides is 1. The number of hydrogen-bond acceptors (Lipinski definition) is 7. The molecule has 0 aliphatic heterocycles. The smallest absolute Gasteiger partial charge is 0.243 e. The highest BCUT2D eigenvalue weighted by atomic mass is 32.2. The van der Waals surface area contributed by atoms with Crippen LogP contribution in [0.25, 0.3) is 22.0 Å². The predicted octanol–water partition coefficient (Wildman–Crippen LogP) is 5.05. The number of fused-ring (bicyclic) bond motifs is 1. The van der Waals surface area contributed by atoms with Crippen LogP contribution in [0.5, 0.6) is 11.5 Å². The molecule has 1 atom stereocenters. The fourth-order valence-corrected chi connectivity index (χ4v) is 5.18. The Morgan fingerprint density at radius 2 is 1.61 bits per heavy atom. The Bertz CT molecular complexity index is 1520. The van der Waals surface area contributed by atoms with Crippen LogP contribution in [-0.4, -0.2) is 51.0 Å². The number of aryl methyl sites for hydroxylation is 1. The summed E-state index contributed by atoms with van der Waals surface area (Å²) < 4.78 is 38.0. The number of nitrogens with one attached hydrogen (secondary N) is 1. The van der Waals surface area contributed by atoms with E-state index in [4.69, 9.17) is 9.47 Å². The summed E-state index contributed by atoms with van der Waals surface area (Å²) in [5, 5.41) is 4.31. The number of anilines is 1. The van der Waals surface area contributed by atoms with Crippen LogP contribution < -0.4 is 14.8 Å². The summed E-state index contributed by atoms with van der Waals surface area (Å²) in [5.41, 5.74) is 3.19. The molecule has 0 bridgehead atoms. The molecule has 0 saturated heterocycles. The number of ether oxygens (including phenoxy) is 2. The van der Waals surface area contributed by atoms with Crippen LogP contribution in [0.2, 0.25) is 0 Å². The van der Waals surface area contributed by atoms with E-state index in [1.807, 2.05) is 62.4 Å². The van der Waals surface area contributed by atoms with E-state index < -0.39 is 10.0 Å². The monoisotopic (exact) mass is 506 g/mol. The van der Waals surface area contributed by atoms with Crippen molar-refractivity contribution < 1.29 is 17.9 Å². The molecular formula is C27H30N4O4S. The first kappa shape index (κ1) is 25.4. The van der Waals surface area contributed by atoms with E-state index in [0.29, 0.717) is 28.7 Å². The molecule has 0 spiro atoms. The number of rotatable bonds is 8. The van der Waals surface area contributed by atoms with Gasteiger partial charge in [-0.05, 0) is 43.2 Å². The van der Waals surface area contributed by atoms with Crippen LogP contribution in [0.15, 0.2) is 65.6 Å². The standard InChI is InChI=1S/C27H30N4O4S/c1-17(28-27-22-15-24(34-5)25(35-6)16-23(22)29-18(2)30-27)19-10-9-11-20(14-19)21-12-7-8-13-26(21)36(32,33)31(3)4/h7-17H,1-6H3,(H,28,29,30). The molecule has 1 unspecified atom stereocenters. The number of benzene rings is 3. The quantitative estimate of drug-likeness (QED) is 0.358. The van der Waals surface area contributed by atoms with Gasteiger partial charge in [-0.1, -0.05) is 36.4 Å². The Kier molecular flexibility index (Phi) is 7.14. The van der Waals surface area contributed by atoms with Crippen molar-refractivity contribution in [2.75, 3.05) is 33.6 Å². The first-order valence-electron chi connectivity index (χ1n) is 11.4. The van der Waals surface area contributed by atoms with Gasteiger partial charge in [0.15, 0.2) is 11.5 Å². The van der Waals surface area contributed by atoms with Crippen LogP contribution in [0.4, 0.5) is 5.82 Å². The third-order valence-electron chi connectivity index (χ3n) is 6.01. The third kappa shape index (κ3) is 4.84. The van der Waals surface area contributed by atoms with Gasteiger partial charge in [-0.15, -0.1) is 0 Å². The highest BCUT2D eigenvalue weighted by Crippen LogP contribution is 2.36. The second-order valence-corrected chi connectivity index (χ2v) is 10.7. The molecule has 0 saturated carbocycles. The molecular weight excluding hydrogens is 476 g/mol. The first-order chi connectivity index (χ1) is 17.1. The number of methoxy groups -OCH3 is 2. The normalized spacial score (nSPS) is 12.5. The highest BCUT2D eigenvalue weighted by Gasteiger charge is 2.22. The molecule has 0 radical (unpaired) electrons. The van der Waals surface area contributed by atoms with Gasteiger partial charge in [0.25, 0.3) is 0 Å². The Morgan fingerprint density at radius 3 is 2.31 bits per heavy atom. The zero-order valence-electron chi connectivity index (χ0n) is 21.2. The summed E-state index contributed by atoms with van der Waals surface area (Å²) in [5.74, 6) is 2.49. The molecule has 8 nitrogen and oxygen atoms in total. The maximum absolute atomic E-state index is 12.9. The Balaban J connectivity index is 1.73. The van der Waals surface area contributed by atoms with Gasteiger partial charge < -0.3 is 14.8 Å². The maximum atomic E-state index is 12.9. The van der Waals surface area contributed by atoms with Gasteiger partial charge in [0.1, 0.15) is 11.6 Å². The van der Waals surface area contributed by atoms with Gasteiger partial charge in [-0.3, -0.25) is 0 Å². The fraction of sp³-hybridized carbons (Fsp3) is 0.259. The van der Waals surface area contributed by atoms with Gasteiger partial charge in [0, 0.05) is 37.2 Å². The van der Waals surface area contributed by atoms with Gasteiger partial charge in [0.2, 0.25) is 10.0 Å². The Morgan fingerprint density at radius 1 is 0.917 bits per heavy atom. The Labute approximate surface area is 212 Å². The van der Waals surface area contributed by atoms with Gasteiger partial charge >= 0.3 is 0 Å². The fourth-order valence-electron chi connectivity index (χ4n) is 4.07. The summed E-state index contributed by atoms with van der Waals surface area (Å²) >= 11 is 0. The van der Waals surface area contributed by atoms with Crippen LogP contribution in [0, 0.1) is 6.92 Å². The molecule has 4 aromatic rings. The van der Waals surface area contributed by atoms with Gasteiger partial charge in [-0.2, -0.15) is 0 Å².